The van der Waals surface area contributed by atoms with Crippen molar-refractivity contribution in [3.8, 4) is 11.4 Å². The van der Waals surface area contributed by atoms with Gasteiger partial charge in [0, 0.05) is 28.5 Å². The molecule has 0 fully saturated rings. The standard InChI is InChI=1S/C32H32F4N2O5/c1-4-16-20-11-24-27-21(13-38(24)30(41)19(20)7-5-6-10-43-31(16)42)25-18(15(3)28(39)29(40)32(34,35)36)9-8-17-14(2)22(33)12-23(37-27)26(17)25/h11-12,15-16,18,29,40H,4-10,13H2,1-3H3/t15?,16-,18-,29-/m1/s1. The molecule has 0 saturated heterocycles. The molecule has 1 N–H and O–H groups in total. The number of alkyl halides is 3. The summed E-state index contributed by atoms with van der Waals surface area (Å²) in [6, 6.07) is 3.06. The van der Waals surface area contributed by atoms with Crippen LogP contribution in [0.2, 0.25) is 0 Å². The number of nitrogens with zero attached hydrogens (tertiary/aromatic N) is 2. The number of cyclic esters (lactones) is 1. The number of hydrogen-bond acceptors (Lipinski definition) is 6. The van der Waals surface area contributed by atoms with Gasteiger partial charge in [0.15, 0.2) is 5.78 Å². The Labute approximate surface area is 244 Å². The van der Waals surface area contributed by atoms with Gasteiger partial charge in [-0.3, -0.25) is 14.4 Å². The van der Waals surface area contributed by atoms with Gasteiger partial charge in [-0.2, -0.15) is 13.2 Å². The zero-order valence-electron chi connectivity index (χ0n) is 24.1. The van der Waals surface area contributed by atoms with E-state index in [-0.39, 0.29) is 30.6 Å². The Morgan fingerprint density at radius 1 is 1.16 bits per heavy atom. The third-order valence-electron chi connectivity index (χ3n) is 9.58. The van der Waals surface area contributed by atoms with Gasteiger partial charge in [-0.25, -0.2) is 9.37 Å². The number of fused-ring (bicyclic) bond motifs is 5. The minimum atomic E-state index is -5.11. The van der Waals surface area contributed by atoms with Crippen LogP contribution in [-0.4, -0.2) is 45.3 Å². The normalized spacial score (nSPS) is 21.2. The van der Waals surface area contributed by atoms with Gasteiger partial charge in [0.2, 0.25) is 6.10 Å². The molecule has 43 heavy (non-hydrogen) atoms. The summed E-state index contributed by atoms with van der Waals surface area (Å²) in [6.07, 6.45) is -5.53. The molecule has 1 aromatic carbocycles. The van der Waals surface area contributed by atoms with Crippen molar-refractivity contribution in [1.29, 1.82) is 0 Å². The quantitative estimate of drug-likeness (QED) is 0.249. The molecule has 1 unspecified atom stereocenters. The van der Waals surface area contributed by atoms with Crippen LogP contribution in [-0.2, 0) is 33.7 Å². The van der Waals surface area contributed by atoms with Gasteiger partial charge in [-0.05, 0) is 79.7 Å². The van der Waals surface area contributed by atoms with E-state index in [1.807, 2.05) is 6.92 Å². The van der Waals surface area contributed by atoms with Crippen LogP contribution in [0.4, 0.5) is 17.6 Å². The van der Waals surface area contributed by atoms with Crippen LogP contribution in [0.25, 0.3) is 22.3 Å². The van der Waals surface area contributed by atoms with E-state index in [1.165, 1.54) is 13.0 Å². The molecular formula is C32H32F4N2O5. The van der Waals surface area contributed by atoms with E-state index in [0.717, 1.165) is 0 Å². The van der Waals surface area contributed by atoms with E-state index >= 15 is 4.39 Å². The average molecular weight is 601 g/mol. The highest BCUT2D eigenvalue weighted by Crippen LogP contribution is 2.48. The number of carbonyl (C=O) groups is 2. The third-order valence-corrected chi connectivity index (χ3v) is 9.58. The van der Waals surface area contributed by atoms with Crippen LogP contribution >= 0.6 is 0 Å². The van der Waals surface area contributed by atoms with E-state index in [1.54, 1.807) is 17.6 Å². The molecule has 0 spiro atoms. The van der Waals surface area contributed by atoms with Crippen molar-refractivity contribution in [3.05, 3.63) is 61.7 Å². The summed E-state index contributed by atoms with van der Waals surface area (Å²) < 4.78 is 62.2. The maximum absolute atomic E-state index is 15.1. The van der Waals surface area contributed by atoms with Gasteiger partial charge in [-0.1, -0.05) is 13.8 Å². The zero-order valence-corrected chi connectivity index (χ0v) is 24.1. The van der Waals surface area contributed by atoms with Gasteiger partial charge < -0.3 is 14.4 Å². The summed E-state index contributed by atoms with van der Waals surface area (Å²) in [6.45, 7) is 5.20. The summed E-state index contributed by atoms with van der Waals surface area (Å²) in [5, 5.41) is 10.4. The molecule has 3 aromatic rings. The van der Waals surface area contributed by atoms with Crippen LogP contribution in [0.3, 0.4) is 0 Å². The van der Waals surface area contributed by atoms with Crippen molar-refractivity contribution in [2.45, 2.75) is 90.0 Å². The van der Waals surface area contributed by atoms with Crippen LogP contribution in [0, 0.1) is 18.7 Å². The molecular weight excluding hydrogens is 568 g/mol. The van der Waals surface area contributed by atoms with E-state index in [4.69, 9.17) is 9.72 Å². The number of rotatable bonds is 4. The summed E-state index contributed by atoms with van der Waals surface area (Å²) >= 11 is 0. The van der Waals surface area contributed by atoms with Crippen LogP contribution in [0.1, 0.15) is 84.7 Å². The summed E-state index contributed by atoms with van der Waals surface area (Å²) in [4.78, 5) is 44.7. The van der Waals surface area contributed by atoms with Crippen molar-refractivity contribution in [1.82, 2.24) is 9.55 Å². The summed E-state index contributed by atoms with van der Waals surface area (Å²) in [5.74, 6) is -4.82. The Bertz CT molecular complexity index is 1740. The first-order chi connectivity index (χ1) is 20.3. The van der Waals surface area contributed by atoms with Crippen LogP contribution in [0.15, 0.2) is 16.9 Å². The minimum absolute atomic E-state index is 0.0748. The summed E-state index contributed by atoms with van der Waals surface area (Å²) in [5.41, 5.74) is 4.14. The number of ketones is 1. The van der Waals surface area contributed by atoms with Gasteiger partial charge in [0.1, 0.15) is 5.82 Å². The molecule has 1 aliphatic carbocycles. The maximum Gasteiger partial charge on any atom is 0.421 e. The number of Topliss-reactive ketones (excluding diaryl/α,β-unsaturated/α-hetero) is 1. The molecule has 3 aliphatic rings. The molecule has 6 rings (SSSR count). The lowest BCUT2D eigenvalue weighted by atomic mass is 9.71. The molecule has 11 heteroatoms. The lowest BCUT2D eigenvalue weighted by Crippen LogP contribution is -2.41. The van der Waals surface area contributed by atoms with Gasteiger partial charge >= 0.3 is 12.1 Å². The van der Waals surface area contributed by atoms with Crippen molar-refractivity contribution >= 4 is 22.7 Å². The number of hydrogen-bond donors (Lipinski definition) is 1. The second kappa shape index (κ2) is 10.5. The Balaban J connectivity index is 1.60. The monoisotopic (exact) mass is 600 g/mol. The molecule has 7 nitrogen and oxygen atoms in total. The van der Waals surface area contributed by atoms with Crippen molar-refractivity contribution < 1.29 is 37.0 Å². The first-order valence-electron chi connectivity index (χ1n) is 14.7. The Hall–Kier alpha value is -3.60. The number of benzene rings is 1. The second-order valence-electron chi connectivity index (χ2n) is 11.9. The summed E-state index contributed by atoms with van der Waals surface area (Å²) in [7, 11) is 0. The second-order valence-corrected chi connectivity index (χ2v) is 11.9. The van der Waals surface area contributed by atoms with Gasteiger partial charge in [0.25, 0.3) is 5.56 Å². The predicted octanol–water partition coefficient (Wildman–Crippen LogP) is 5.40. The lowest BCUT2D eigenvalue weighted by Gasteiger charge is -2.33. The molecule has 0 radical (unpaired) electrons. The molecule has 228 valence electrons. The van der Waals surface area contributed by atoms with Crippen molar-refractivity contribution in [3.63, 3.8) is 0 Å². The Morgan fingerprint density at radius 3 is 2.60 bits per heavy atom. The highest BCUT2D eigenvalue weighted by atomic mass is 19.4. The average Bonchev–Trinajstić information content (AvgIpc) is 3.36. The van der Waals surface area contributed by atoms with Crippen molar-refractivity contribution in [2.24, 2.45) is 5.92 Å². The smallest absolute Gasteiger partial charge is 0.421 e. The first-order valence-corrected chi connectivity index (χ1v) is 14.7. The zero-order chi connectivity index (χ0) is 31.0. The number of aromatic nitrogens is 2. The maximum atomic E-state index is 15.1. The minimum Gasteiger partial charge on any atom is -0.465 e. The molecule has 0 amide bonds. The number of carbonyl (C=O) groups excluding carboxylic acids is 2. The molecule has 2 aliphatic heterocycles. The fourth-order valence-electron chi connectivity index (χ4n) is 7.26. The number of halogens is 4. The third kappa shape index (κ3) is 4.58. The van der Waals surface area contributed by atoms with Crippen molar-refractivity contribution in [2.75, 3.05) is 6.61 Å². The highest BCUT2D eigenvalue weighted by Gasteiger charge is 2.47. The van der Waals surface area contributed by atoms with E-state index in [0.29, 0.717) is 82.3 Å². The fraction of sp³-hybridized carbons (Fsp3) is 0.500. The van der Waals surface area contributed by atoms with Crippen LogP contribution in [0.5, 0.6) is 0 Å². The van der Waals surface area contributed by atoms with Gasteiger partial charge in [0.05, 0.1) is 36.0 Å². The number of esters is 1. The highest BCUT2D eigenvalue weighted by molar-refractivity contribution is 5.95. The van der Waals surface area contributed by atoms with Gasteiger partial charge in [-0.15, -0.1) is 0 Å². The number of aryl methyl sites for hydroxylation is 1. The predicted molar refractivity (Wildman–Crippen MR) is 149 cm³/mol. The number of pyridine rings is 2. The number of aliphatic hydroxyl groups excluding tert-OH is 1. The SMILES string of the molecule is CC[C@H]1C(=O)OCCCCc2c1cc1n(c2=O)Cc2c-1nc1cc(F)c(C)c3c1c2[C@@H](C(C)C(=O)[C@@H](O)C(F)(F)F)CC3. The largest absolute Gasteiger partial charge is 0.465 e. The Morgan fingerprint density at radius 2 is 1.91 bits per heavy atom. The van der Waals surface area contributed by atoms with E-state index < -0.39 is 47.6 Å². The first kappa shape index (κ1) is 29.5. The molecule has 0 saturated carbocycles. The molecule has 4 heterocycles. The molecule has 4 atom stereocenters. The lowest BCUT2D eigenvalue weighted by molar-refractivity contribution is -0.206. The Kier molecular flexibility index (Phi) is 7.22. The van der Waals surface area contributed by atoms with Crippen LogP contribution < -0.4 is 5.56 Å². The van der Waals surface area contributed by atoms with E-state index in [9.17, 15) is 32.7 Å². The fourth-order valence-corrected chi connectivity index (χ4v) is 7.26. The molecule has 0 bridgehead atoms. The number of ether oxygens (including phenoxy) is 1. The van der Waals surface area contributed by atoms with E-state index in [2.05, 4.69) is 0 Å². The topological polar surface area (TPSA) is 98.5 Å². The number of aliphatic hydroxyl groups is 1. The molecule has 2 aromatic heterocycles.